The van der Waals surface area contributed by atoms with E-state index in [2.05, 4.69) is 10.6 Å². The first-order valence-corrected chi connectivity index (χ1v) is 8.33. The highest BCUT2D eigenvalue weighted by Crippen LogP contribution is 2.23. The Morgan fingerprint density at radius 2 is 1.96 bits per heavy atom. The normalized spacial score (nSPS) is 12.7. The van der Waals surface area contributed by atoms with E-state index < -0.39 is 11.5 Å². The molecule has 2 aromatic carbocycles. The average molecular weight is 348 g/mol. The molecule has 0 saturated carbocycles. The summed E-state index contributed by atoms with van der Waals surface area (Å²) in [5, 5.41) is 6.24. The van der Waals surface area contributed by atoms with Crippen LogP contribution in [0.2, 0.25) is 0 Å². The van der Waals surface area contributed by atoms with Gasteiger partial charge in [-0.15, -0.1) is 0 Å². The van der Waals surface area contributed by atoms with Gasteiger partial charge >= 0.3 is 5.63 Å². The molecule has 4 rings (SSSR count). The minimum atomic E-state index is -0.650. The highest BCUT2D eigenvalue weighted by atomic mass is 16.4. The van der Waals surface area contributed by atoms with Crippen molar-refractivity contribution in [2.75, 3.05) is 11.9 Å². The van der Waals surface area contributed by atoms with E-state index in [1.165, 1.54) is 0 Å². The van der Waals surface area contributed by atoms with Gasteiger partial charge in [0, 0.05) is 17.6 Å². The fraction of sp³-hybridized carbons (Fsp3) is 0.150. The fourth-order valence-corrected chi connectivity index (χ4v) is 3.07. The zero-order valence-electron chi connectivity index (χ0n) is 13.9. The molecule has 2 heterocycles. The Kier molecular flexibility index (Phi) is 4.01. The summed E-state index contributed by atoms with van der Waals surface area (Å²) in [5.41, 5.74) is 2.63. The lowest BCUT2D eigenvalue weighted by molar-refractivity contribution is -0.115. The van der Waals surface area contributed by atoms with Gasteiger partial charge in [0.25, 0.3) is 5.91 Å². The van der Waals surface area contributed by atoms with Crippen LogP contribution in [0.15, 0.2) is 57.7 Å². The van der Waals surface area contributed by atoms with Crippen molar-refractivity contribution in [2.24, 2.45) is 0 Å². The predicted molar refractivity (Wildman–Crippen MR) is 97.3 cm³/mol. The van der Waals surface area contributed by atoms with Crippen LogP contribution in [0.1, 0.15) is 21.5 Å². The number of hydrogen-bond donors (Lipinski definition) is 2. The second kappa shape index (κ2) is 6.48. The Morgan fingerprint density at radius 3 is 2.85 bits per heavy atom. The van der Waals surface area contributed by atoms with Crippen molar-refractivity contribution in [1.82, 2.24) is 5.32 Å². The minimum Gasteiger partial charge on any atom is -0.422 e. The summed E-state index contributed by atoms with van der Waals surface area (Å²) < 4.78 is 5.18. The molecule has 26 heavy (non-hydrogen) atoms. The number of fused-ring (bicyclic) bond motifs is 2. The van der Waals surface area contributed by atoms with Crippen molar-refractivity contribution in [1.29, 1.82) is 0 Å². The standard InChI is InChI=1S/C20H16N2O4/c23-18-11-14-9-12(5-6-16(14)22-18)7-8-21-19(24)15-10-13-3-1-2-4-17(13)26-20(15)25/h1-6,9-10H,7-8,11H2,(H,21,24)(H,22,23). The van der Waals surface area contributed by atoms with Gasteiger partial charge in [0.05, 0.1) is 6.42 Å². The molecule has 0 unspecified atom stereocenters. The Hall–Kier alpha value is -3.41. The topological polar surface area (TPSA) is 88.4 Å². The maximum Gasteiger partial charge on any atom is 0.349 e. The molecule has 6 heteroatoms. The Balaban J connectivity index is 1.43. The summed E-state index contributed by atoms with van der Waals surface area (Å²) >= 11 is 0. The monoisotopic (exact) mass is 348 g/mol. The Labute approximate surface area is 148 Å². The van der Waals surface area contributed by atoms with Crippen LogP contribution in [0.4, 0.5) is 5.69 Å². The number of rotatable bonds is 4. The molecule has 0 bridgehead atoms. The van der Waals surface area contributed by atoms with Crippen molar-refractivity contribution >= 4 is 28.5 Å². The molecule has 1 aliphatic rings. The minimum absolute atomic E-state index is 0.00604. The number of carbonyl (C=O) groups is 2. The average Bonchev–Trinajstić information content (AvgIpc) is 3.00. The largest absolute Gasteiger partial charge is 0.422 e. The number of nitrogens with one attached hydrogen (secondary N) is 2. The van der Waals surface area contributed by atoms with E-state index in [4.69, 9.17) is 4.42 Å². The van der Waals surface area contributed by atoms with E-state index in [-0.39, 0.29) is 11.5 Å². The zero-order chi connectivity index (χ0) is 18.1. The van der Waals surface area contributed by atoms with Crippen LogP contribution in [-0.4, -0.2) is 18.4 Å². The van der Waals surface area contributed by atoms with E-state index in [0.717, 1.165) is 16.8 Å². The van der Waals surface area contributed by atoms with Gasteiger partial charge in [-0.05, 0) is 35.7 Å². The smallest absolute Gasteiger partial charge is 0.349 e. The first kappa shape index (κ1) is 16.1. The molecule has 6 nitrogen and oxygen atoms in total. The number of carbonyl (C=O) groups excluding carboxylic acids is 2. The maximum absolute atomic E-state index is 12.3. The number of benzene rings is 2. The molecule has 130 valence electrons. The van der Waals surface area contributed by atoms with Crippen LogP contribution in [0.3, 0.4) is 0 Å². The van der Waals surface area contributed by atoms with Crippen molar-refractivity contribution in [3.05, 3.63) is 75.6 Å². The quantitative estimate of drug-likeness (QED) is 0.708. The summed E-state index contributed by atoms with van der Waals surface area (Å²) in [7, 11) is 0. The second-order valence-electron chi connectivity index (χ2n) is 6.21. The van der Waals surface area contributed by atoms with Crippen molar-refractivity contribution in [3.8, 4) is 0 Å². The zero-order valence-corrected chi connectivity index (χ0v) is 13.9. The summed E-state index contributed by atoms with van der Waals surface area (Å²) in [6.45, 7) is 0.380. The van der Waals surface area contributed by atoms with Gasteiger partial charge in [-0.2, -0.15) is 0 Å². The molecule has 2 amide bonds. The van der Waals surface area contributed by atoms with Gasteiger partial charge in [0.1, 0.15) is 11.1 Å². The molecule has 1 aliphatic heterocycles. The molecule has 0 fully saturated rings. The molecule has 0 radical (unpaired) electrons. The van der Waals surface area contributed by atoms with Crippen LogP contribution >= 0.6 is 0 Å². The van der Waals surface area contributed by atoms with E-state index in [9.17, 15) is 14.4 Å². The molecule has 2 N–H and O–H groups in total. The summed E-state index contributed by atoms with van der Waals surface area (Å²) in [5.74, 6) is -0.462. The number of amides is 2. The third-order valence-electron chi connectivity index (χ3n) is 4.38. The highest BCUT2D eigenvalue weighted by molar-refractivity contribution is 5.99. The lowest BCUT2D eigenvalue weighted by Gasteiger charge is -2.07. The first-order chi connectivity index (χ1) is 12.6. The highest BCUT2D eigenvalue weighted by Gasteiger charge is 2.17. The predicted octanol–water partition coefficient (Wildman–Crippen LogP) is 2.26. The fourth-order valence-electron chi connectivity index (χ4n) is 3.07. The SMILES string of the molecule is O=C1Cc2cc(CCNC(=O)c3cc4ccccc4oc3=O)ccc2N1. The molecule has 0 spiro atoms. The third-order valence-corrected chi connectivity index (χ3v) is 4.38. The molecule has 0 saturated heterocycles. The van der Waals surface area contributed by atoms with E-state index in [0.29, 0.717) is 30.4 Å². The Morgan fingerprint density at radius 1 is 1.12 bits per heavy atom. The first-order valence-electron chi connectivity index (χ1n) is 8.33. The van der Waals surface area contributed by atoms with Gasteiger partial charge in [0.15, 0.2) is 0 Å². The van der Waals surface area contributed by atoms with Crippen LogP contribution < -0.4 is 16.3 Å². The van der Waals surface area contributed by atoms with Crippen LogP contribution in [-0.2, 0) is 17.6 Å². The van der Waals surface area contributed by atoms with Gasteiger partial charge in [-0.3, -0.25) is 9.59 Å². The van der Waals surface area contributed by atoms with Crippen molar-refractivity contribution < 1.29 is 14.0 Å². The van der Waals surface area contributed by atoms with Crippen molar-refractivity contribution in [3.63, 3.8) is 0 Å². The van der Waals surface area contributed by atoms with Gasteiger partial charge < -0.3 is 15.1 Å². The summed E-state index contributed by atoms with van der Waals surface area (Å²) in [6, 6.07) is 14.4. The Bertz CT molecular complexity index is 1080. The number of hydrogen-bond acceptors (Lipinski definition) is 4. The summed E-state index contributed by atoms with van der Waals surface area (Å²) in [6.07, 6.45) is 0.986. The van der Waals surface area contributed by atoms with E-state index >= 15 is 0 Å². The lowest BCUT2D eigenvalue weighted by atomic mass is 10.1. The number of para-hydroxylation sites is 1. The van der Waals surface area contributed by atoms with Gasteiger partial charge in [-0.25, -0.2) is 4.79 Å². The molecule has 3 aromatic rings. The molecule has 0 aliphatic carbocycles. The van der Waals surface area contributed by atoms with Crippen molar-refractivity contribution in [2.45, 2.75) is 12.8 Å². The summed E-state index contributed by atoms with van der Waals surface area (Å²) in [4.78, 5) is 35.7. The van der Waals surface area contributed by atoms with Crippen LogP contribution in [0, 0.1) is 0 Å². The third kappa shape index (κ3) is 3.09. The molecule has 1 aromatic heterocycles. The van der Waals surface area contributed by atoms with E-state index in [1.54, 1.807) is 24.3 Å². The molecular weight excluding hydrogens is 332 g/mol. The lowest BCUT2D eigenvalue weighted by Crippen LogP contribution is -2.29. The van der Waals surface area contributed by atoms with Gasteiger partial charge in [0.2, 0.25) is 5.91 Å². The molecule has 0 atom stereocenters. The van der Waals surface area contributed by atoms with Crippen LogP contribution in [0.25, 0.3) is 11.0 Å². The van der Waals surface area contributed by atoms with Crippen LogP contribution in [0.5, 0.6) is 0 Å². The van der Waals surface area contributed by atoms with E-state index in [1.807, 2.05) is 24.3 Å². The second-order valence-corrected chi connectivity index (χ2v) is 6.21. The maximum atomic E-state index is 12.3. The number of anilines is 1. The van der Waals surface area contributed by atoms with Gasteiger partial charge in [-0.1, -0.05) is 30.3 Å². The molecular formula is C20H16N2O4.